The maximum Gasteiger partial charge on any atom is 0.167 e. The highest BCUT2D eigenvalue weighted by atomic mass is 79.9. The van der Waals surface area contributed by atoms with E-state index in [4.69, 9.17) is 9.47 Å². The van der Waals surface area contributed by atoms with Crippen molar-refractivity contribution < 1.29 is 14.3 Å². The number of ketones is 1. The first-order valence-electron chi connectivity index (χ1n) is 4.76. The van der Waals surface area contributed by atoms with E-state index in [0.29, 0.717) is 25.0 Å². The molecule has 0 spiro atoms. The Bertz CT molecular complexity index is 215. The maximum atomic E-state index is 10.9. The third-order valence-corrected chi connectivity index (χ3v) is 2.52. The average molecular weight is 263 g/mol. The summed E-state index contributed by atoms with van der Waals surface area (Å²) in [5.74, 6) is 0.412. The molecule has 0 aliphatic heterocycles. The number of halogens is 1. The van der Waals surface area contributed by atoms with Crippen molar-refractivity contribution in [2.75, 3.05) is 18.5 Å². The number of hydrogen-bond acceptors (Lipinski definition) is 3. The highest BCUT2D eigenvalue weighted by molar-refractivity contribution is 9.09. The van der Waals surface area contributed by atoms with Crippen LogP contribution >= 0.6 is 15.9 Å². The molecule has 0 heterocycles. The second kappa shape index (κ2) is 6.32. The van der Waals surface area contributed by atoms with Crippen LogP contribution in [-0.4, -0.2) is 30.6 Å². The summed E-state index contributed by atoms with van der Waals surface area (Å²) in [4.78, 5) is 10.9. The van der Waals surface area contributed by atoms with Gasteiger partial charge >= 0.3 is 0 Å². The number of rotatable bonds is 6. The first kappa shape index (κ1) is 11.9. The Morgan fingerprint density at radius 3 is 2.93 bits per heavy atom. The molecule has 0 aromatic rings. The number of ether oxygens (including phenoxy) is 2. The van der Waals surface area contributed by atoms with Crippen LogP contribution in [0.1, 0.15) is 13.3 Å². The van der Waals surface area contributed by atoms with Gasteiger partial charge < -0.3 is 9.47 Å². The normalized spacial score (nSPS) is 23.0. The van der Waals surface area contributed by atoms with Gasteiger partial charge in [0.1, 0.15) is 0 Å². The fourth-order valence-electron chi connectivity index (χ4n) is 1.31. The molecule has 14 heavy (non-hydrogen) atoms. The van der Waals surface area contributed by atoms with E-state index in [1.807, 2.05) is 13.0 Å². The quantitative estimate of drug-likeness (QED) is 0.542. The highest BCUT2D eigenvalue weighted by Gasteiger charge is 2.17. The fourth-order valence-corrected chi connectivity index (χ4v) is 1.68. The third-order valence-electron chi connectivity index (χ3n) is 1.99. The lowest BCUT2D eigenvalue weighted by Crippen LogP contribution is -2.22. The molecule has 1 aliphatic rings. The summed E-state index contributed by atoms with van der Waals surface area (Å²) in [5.41, 5.74) is 0. The van der Waals surface area contributed by atoms with E-state index in [1.165, 1.54) is 0 Å². The second-order valence-electron chi connectivity index (χ2n) is 3.16. The van der Waals surface area contributed by atoms with Crippen LogP contribution in [-0.2, 0) is 14.3 Å². The summed E-state index contributed by atoms with van der Waals surface area (Å²) in [6.45, 7) is 3.12. The topological polar surface area (TPSA) is 35.5 Å². The van der Waals surface area contributed by atoms with Gasteiger partial charge in [0, 0.05) is 18.9 Å². The lowest BCUT2D eigenvalue weighted by Gasteiger charge is -2.16. The van der Waals surface area contributed by atoms with E-state index in [-0.39, 0.29) is 18.0 Å². The van der Waals surface area contributed by atoms with Crippen molar-refractivity contribution in [2.45, 2.75) is 19.6 Å². The van der Waals surface area contributed by atoms with Crippen molar-refractivity contribution in [3.8, 4) is 0 Å². The molecular formula is C10H15BrO3. The van der Waals surface area contributed by atoms with E-state index >= 15 is 0 Å². The Balaban J connectivity index is 2.18. The zero-order valence-electron chi connectivity index (χ0n) is 8.24. The van der Waals surface area contributed by atoms with Crippen LogP contribution in [0.5, 0.6) is 0 Å². The Morgan fingerprint density at radius 2 is 2.43 bits per heavy atom. The number of hydrogen-bond donors (Lipinski definition) is 0. The lowest BCUT2D eigenvalue weighted by molar-refractivity contribution is -0.130. The smallest absolute Gasteiger partial charge is 0.167 e. The molecule has 3 nitrogen and oxygen atoms in total. The van der Waals surface area contributed by atoms with Crippen LogP contribution < -0.4 is 0 Å². The van der Waals surface area contributed by atoms with Crippen molar-refractivity contribution in [1.82, 2.24) is 0 Å². The predicted octanol–water partition coefficient (Wildman–Crippen LogP) is 1.91. The molecule has 1 rings (SSSR count). The largest absolute Gasteiger partial charge is 0.352 e. The molecule has 0 saturated carbocycles. The Kier molecular flexibility index (Phi) is 5.37. The minimum Gasteiger partial charge on any atom is -0.352 e. The van der Waals surface area contributed by atoms with E-state index in [2.05, 4.69) is 15.9 Å². The summed E-state index contributed by atoms with van der Waals surface area (Å²) >= 11 is 3.30. The Labute approximate surface area is 92.6 Å². The van der Waals surface area contributed by atoms with Gasteiger partial charge in [-0.3, -0.25) is 4.79 Å². The van der Waals surface area contributed by atoms with Crippen molar-refractivity contribution >= 4 is 21.7 Å². The molecule has 0 radical (unpaired) electrons. The standard InChI is InChI=1S/C10H15BrO3/c1-2-13-10(6-11)14-7-8-3-4-9(12)5-8/h3-4,8,10H,2,5-7H2,1H3/t8-,10-/m0/s1. The molecule has 0 amide bonds. The number of carbonyl (C=O) groups excluding carboxylic acids is 1. The SMILES string of the molecule is CCO[C@H](CBr)OC[C@H]1C=CC(=O)C1. The molecule has 0 N–H and O–H groups in total. The summed E-state index contributed by atoms with van der Waals surface area (Å²) in [6, 6.07) is 0. The molecule has 0 aromatic heterocycles. The minimum atomic E-state index is -0.205. The lowest BCUT2D eigenvalue weighted by atomic mass is 10.1. The first-order chi connectivity index (χ1) is 6.76. The molecule has 0 aromatic carbocycles. The molecule has 0 saturated heterocycles. The van der Waals surface area contributed by atoms with E-state index < -0.39 is 0 Å². The zero-order chi connectivity index (χ0) is 10.4. The van der Waals surface area contributed by atoms with E-state index in [0.717, 1.165) is 0 Å². The van der Waals surface area contributed by atoms with Crippen molar-refractivity contribution in [3.63, 3.8) is 0 Å². The third kappa shape index (κ3) is 3.90. The van der Waals surface area contributed by atoms with Gasteiger partial charge in [-0.2, -0.15) is 0 Å². The Hall–Kier alpha value is -0.190. The second-order valence-corrected chi connectivity index (χ2v) is 3.81. The van der Waals surface area contributed by atoms with Crippen LogP contribution in [0.25, 0.3) is 0 Å². The first-order valence-corrected chi connectivity index (χ1v) is 5.88. The molecule has 1 aliphatic carbocycles. The van der Waals surface area contributed by atoms with E-state index in [9.17, 15) is 4.79 Å². The maximum absolute atomic E-state index is 10.9. The van der Waals surface area contributed by atoms with Gasteiger partial charge in [0.15, 0.2) is 12.1 Å². The number of carbonyl (C=O) groups is 1. The molecule has 0 unspecified atom stereocenters. The fraction of sp³-hybridized carbons (Fsp3) is 0.700. The van der Waals surface area contributed by atoms with Gasteiger partial charge in [0.25, 0.3) is 0 Å². The summed E-state index contributed by atoms with van der Waals surface area (Å²) in [7, 11) is 0. The van der Waals surface area contributed by atoms with Crippen LogP contribution in [0, 0.1) is 5.92 Å². The van der Waals surface area contributed by atoms with Gasteiger partial charge in [0.2, 0.25) is 0 Å². The van der Waals surface area contributed by atoms with Crippen molar-refractivity contribution in [1.29, 1.82) is 0 Å². The van der Waals surface area contributed by atoms with E-state index in [1.54, 1.807) is 6.08 Å². The molecule has 0 fully saturated rings. The van der Waals surface area contributed by atoms with Crippen molar-refractivity contribution in [2.24, 2.45) is 5.92 Å². The van der Waals surface area contributed by atoms with Crippen LogP contribution in [0.15, 0.2) is 12.2 Å². The molecule has 4 heteroatoms. The van der Waals surface area contributed by atoms with Crippen LogP contribution in [0.4, 0.5) is 0 Å². The van der Waals surface area contributed by atoms with Gasteiger partial charge in [-0.25, -0.2) is 0 Å². The summed E-state index contributed by atoms with van der Waals surface area (Å²) < 4.78 is 10.8. The minimum absolute atomic E-state index is 0.186. The zero-order valence-corrected chi connectivity index (χ0v) is 9.83. The predicted molar refractivity (Wildman–Crippen MR) is 57.4 cm³/mol. The Morgan fingerprint density at radius 1 is 1.64 bits per heavy atom. The molecule has 80 valence electrons. The molecule has 0 bridgehead atoms. The van der Waals surface area contributed by atoms with Gasteiger partial charge in [-0.1, -0.05) is 22.0 Å². The number of alkyl halides is 1. The summed E-state index contributed by atoms with van der Waals surface area (Å²) in [5, 5.41) is 0.658. The van der Waals surface area contributed by atoms with Crippen LogP contribution in [0.2, 0.25) is 0 Å². The summed E-state index contributed by atoms with van der Waals surface area (Å²) in [6.07, 6.45) is 3.89. The highest BCUT2D eigenvalue weighted by Crippen LogP contribution is 2.15. The van der Waals surface area contributed by atoms with Gasteiger partial charge in [-0.15, -0.1) is 0 Å². The van der Waals surface area contributed by atoms with Gasteiger partial charge in [-0.05, 0) is 13.0 Å². The number of allylic oxidation sites excluding steroid dienone is 1. The monoisotopic (exact) mass is 262 g/mol. The van der Waals surface area contributed by atoms with Crippen molar-refractivity contribution in [3.05, 3.63) is 12.2 Å². The van der Waals surface area contributed by atoms with Crippen LogP contribution in [0.3, 0.4) is 0 Å². The molecular weight excluding hydrogens is 248 g/mol. The average Bonchev–Trinajstić information content (AvgIpc) is 2.59. The van der Waals surface area contributed by atoms with Gasteiger partial charge in [0.05, 0.1) is 11.9 Å². The molecule has 2 atom stereocenters.